The summed E-state index contributed by atoms with van der Waals surface area (Å²) in [6, 6.07) is 6.22. The molecule has 0 saturated heterocycles. The van der Waals surface area contributed by atoms with E-state index in [9.17, 15) is 9.50 Å². The first-order chi connectivity index (χ1) is 8.81. The van der Waals surface area contributed by atoms with Crippen LogP contribution < -0.4 is 5.73 Å². The van der Waals surface area contributed by atoms with E-state index in [1.165, 1.54) is 12.1 Å². The Labute approximate surface area is 115 Å². The molecule has 0 aromatic heterocycles. The Kier molecular flexibility index (Phi) is 5.91. The summed E-state index contributed by atoms with van der Waals surface area (Å²) < 4.78 is 12.8. The summed E-state index contributed by atoms with van der Waals surface area (Å²) in [5.41, 5.74) is 6.35. The summed E-state index contributed by atoms with van der Waals surface area (Å²) in [5, 5.41) is 9.82. The number of hydrogen-bond acceptors (Lipinski definition) is 3. The van der Waals surface area contributed by atoms with Gasteiger partial charge in [-0.05, 0) is 44.5 Å². The molecule has 4 heteroatoms. The summed E-state index contributed by atoms with van der Waals surface area (Å²) in [6.45, 7) is 7.99. The van der Waals surface area contributed by atoms with E-state index in [0.29, 0.717) is 6.54 Å². The van der Waals surface area contributed by atoms with Crippen LogP contribution in [0.2, 0.25) is 0 Å². The molecular formula is C15H25FN2O. The highest BCUT2D eigenvalue weighted by atomic mass is 19.1. The maximum atomic E-state index is 12.8. The molecule has 0 bridgehead atoms. The Morgan fingerprint density at radius 2 is 1.89 bits per heavy atom. The van der Waals surface area contributed by atoms with Crippen molar-refractivity contribution in [3.05, 3.63) is 35.6 Å². The van der Waals surface area contributed by atoms with E-state index in [1.807, 2.05) is 0 Å². The lowest BCUT2D eigenvalue weighted by Crippen LogP contribution is -2.39. The second-order valence-corrected chi connectivity index (χ2v) is 5.63. The highest BCUT2D eigenvalue weighted by Crippen LogP contribution is 2.15. The third-order valence-corrected chi connectivity index (χ3v) is 3.11. The number of nitrogens with zero attached hydrogens (tertiary/aromatic N) is 1. The van der Waals surface area contributed by atoms with Crippen LogP contribution in [0.3, 0.4) is 0 Å². The minimum Gasteiger partial charge on any atom is -0.389 e. The molecule has 0 aliphatic carbocycles. The molecule has 0 aliphatic heterocycles. The average molecular weight is 268 g/mol. The third-order valence-electron chi connectivity index (χ3n) is 3.11. The van der Waals surface area contributed by atoms with Crippen LogP contribution in [0.1, 0.15) is 38.8 Å². The van der Waals surface area contributed by atoms with E-state index in [2.05, 4.69) is 11.8 Å². The summed E-state index contributed by atoms with van der Waals surface area (Å²) in [5.74, 6) is -0.242. The van der Waals surface area contributed by atoms with Crippen molar-refractivity contribution in [1.29, 1.82) is 0 Å². The number of aliphatic hydroxyl groups is 1. The van der Waals surface area contributed by atoms with Gasteiger partial charge in [0, 0.05) is 19.1 Å². The van der Waals surface area contributed by atoms with Gasteiger partial charge in [0.15, 0.2) is 0 Å². The minimum atomic E-state index is -0.698. The van der Waals surface area contributed by atoms with Crippen molar-refractivity contribution in [1.82, 2.24) is 4.90 Å². The minimum absolute atomic E-state index is 0.101. The van der Waals surface area contributed by atoms with Crippen molar-refractivity contribution < 1.29 is 9.50 Å². The molecule has 1 aromatic carbocycles. The lowest BCUT2D eigenvalue weighted by molar-refractivity contribution is 0.0370. The van der Waals surface area contributed by atoms with E-state index in [4.69, 9.17) is 5.73 Å². The Balaban J connectivity index is 2.48. The monoisotopic (exact) mass is 268 g/mol. The quantitative estimate of drug-likeness (QED) is 0.798. The number of likely N-dealkylation sites (N-methyl/N-ethyl adjacent to an activating group) is 1. The Bertz CT molecular complexity index is 373. The van der Waals surface area contributed by atoms with Crippen molar-refractivity contribution in [2.75, 3.05) is 19.6 Å². The molecule has 0 fully saturated rings. The van der Waals surface area contributed by atoms with Crippen LogP contribution in [0.5, 0.6) is 0 Å². The van der Waals surface area contributed by atoms with Crippen LogP contribution in [0.25, 0.3) is 0 Å². The van der Waals surface area contributed by atoms with Gasteiger partial charge < -0.3 is 15.7 Å². The lowest BCUT2D eigenvalue weighted by Gasteiger charge is -2.28. The zero-order valence-corrected chi connectivity index (χ0v) is 12.1. The highest BCUT2D eigenvalue weighted by molar-refractivity contribution is 5.19. The van der Waals surface area contributed by atoms with E-state index in [0.717, 1.165) is 25.1 Å². The first kappa shape index (κ1) is 16.1. The highest BCUT2D eigenvalue weighted by Gasteiger charge is 2.17. The van der Waals surface area contributed by atoms with E-state index >= 15 is 0 Å². The molecule has 3 N–H and O–H groups in total. The molecule has 0 heterocycles. The van der Waals surface area contributed by atoms with Gasteiger partial charge in [0.2, 0.25) is 0 Å². The number of nitrogens with two attached hydrogens (primary N) is 1. The van der Waals surface area contributed by atoms with Crippen molar-refractivity contribution in [2.45, 2.75) is 38.8 Å². The van der Waals surface area contributed by atoms with Gasteiger partial charge in [-0.15, -0.1) is 0 Å². The summed E-state index contributed by atoms with van der Waals surface area (Å²) in [7, 11) is 0. The molecule has 1 rings (SSSR count). The van der Waals surface area contributed by atoms with Crippen molar-refractivity contribution in [2.24, 2.45) is 5.73 Å². The maximum Gasteiger partial charge on any atom is 0.123 e. The van der Waals surface area contributed by atoms with E-state index in [-0.39, 0.29) is 11.9 Å². The van der Waals surface area contributed by atoms with Crippen LogP contribution in [-0.4, -0.2) is 35.2 Å². The van der Waals surface area contributed by atoms with Gasteiger partial charge in [-0.2, -0.15) is 0 Å². The van der Waals surface area contributed by atoms with Crippen LogP contribution in [0.4, 0.5) is 4.39 Å². The number of hydrogen-bond donors (Lipinski definition) is 2. The Morgan fingerprint density at radius 1 is 1.32 bits per heavy atom. The average Bonchev–Trinajstić information content (AvgIpc) is 2.33. The topological polar surface area (TPSA) is 49.5 Å². The molecule has 19 heavy (non-hydrogen) atoms. The molecule has 3 nitrogen and oxygen atoms in total. The largest absolute Gasteiger partial charge is 0.389 e. The molecule has 108 valence electrons. The molecule has 1 aromatic rings. The van der Waals surface area contributed by atoms with Crippen LogP contribution in [-0.2, 0) is 0 Å². The fourth-order valence-electron chi connectivity index (χ4n) is 2.09. The van der Waals surface area contributed by atoms with Gasteiger partial charge in [-0.1, -0.05) is 19.1 Å². The normalized spacial score (nSPS) is 13.8. The molecule has 0 radical (unpaired) electrons. The molecular weight excluding hydrogens is 243 g/mol. The Morgan fingerprint density at radius 3 is 2.37 bits per heavy atom. The van der Waals surface area contributed by atoms with Gasteiger partial charge >= 0.3 is 0 Å². The molecule has 0 spiro atoms. The van der Waals surface area contributed by atoms with Gasteiger partial charge in [-0.25, -0.2) is 4.39 Å². The molecule has 0 aliphatic rings. The third kappa shape index (κ3) is 6.14. The fourth-order valence-corrected chi connectivity index (χ4v) is 2.09. The number of rotatable bonds is 7. The summed E-state index contributed by atoms with van der Waals surface area (Å²) >= 11 is 0. The van der Waals surface area contributed by atoms with E-state index < -0.39 is 5.60 Å². The number of benzene rings is 1. The summed E-state index contributed by atoms with van der Waals surface area (Å²) in [4.78, 5) is 2.17. The van der Waals surface area contributed by atoms with Gasteiger partial charge in [0.1, 0.15) is 5.82 Å². The SMILES string of the molecule is CCN(CCC(N)c1ccc(F)cc1)CC(C)(C)O. The number of halogens is 1. The standard InChI is InChI=1S/C15H25FN2O/c1-4-18(11-15(2,3)19)10-9-14(17)12-5-7-13(16)8-6-12/h5-8,14,19H,4,9-11,17H2,1-3H3. The van der Waals surface area contributed by atoms with Gasteiger partial charge in [0.25, 0.3) is 0 Å². The lowest BCUT2D eigenvalue weighted by atomic mass is 10.0. The Hall–Kier alpha value is -0.970. The van der Waals surface area contributed by atoms with Crippen LogP contribution >= 0.6 is 0 Å². The van der Waals surface area contributed by atoms with E-state index in [1.54, 1.807) is 26.0 Å². The molecule has 1 atom stereocenters. The van der Waals surface area contributed by atoms with Crippen LogP contribution in [0, 0.1) is 5.82 Å². The van der Waals surface area contributed by atoms with Gasteiger partial charge in [0.05, 0.1) is 5.60 Å². The van der Waals surface area contributed by atoms with Gasteiger partial charge in [-0.3, -0.25) is 0 Å². The molecule has 1 unspecified atom stereocenters. The zero-order chi connectivity index (χ0) is 14.5. The second kappa shape index (κ2) is 6.98. The predicted octanol–water partition coefficient (Wildman–Crippen LogP) is 2.31. The van der Waals surface area contributed by atoms with Crippen LogP contribution in [0.15, 0.2) is 24.3 Å². The molecule has 0 saturated carbocycles. The molecule has 0 amide bonds. The second-order valence-electron chi connectivity index (χ2n) is 5.63. The zero-order valence-electron chi connectivity index (χ0n) is 12.1. The summed E-state index contributed by atoms with van der Waals surface area (Å²) in [6.07, 6.45) is 0.787. The smallest absolute Gasteiger partial charge is 0.123 e. The fraction of sp³-hybridized carbons (Fsp3) is 0.600. The van der Waals surface area contributed by atoms with Crippen molar-refractivity contribution in [3.8, 4) is 0 Å². The van der Waals surface area contributed by atoms with Crippen molar-refractivity contribution >= 4 is 0 Å². The predicted molar refractivity (Wildman–Crippen MR) is 76.4 cm³/mol. The van der Waals surface area contributed by atoms with Crippen molar-refractivity contribution in [3.63, 3.8) is 0 Å². The first-order valence-corrected chi connectivity index (χ1v) is 6.77. The maximum absolute atomic E-state index is 12.8. The first-order valence-electron chi connectivity index (χ1n) is 6.77.